The van der Waals surface area contributed by atoms with Crippen LogP contribution in [0.3, 0.4) is 0 Å². The maximum Gasteiger partial charge on any atom is 0.248 e. The molecule has 2 amide bonds. The largest absolute Gasteiger partial charge is 0.368 e. The molecule has 3 aromatic carbocycles. The fourth-order valence-electron chi connectivity index (χ4n) is 4.73. The van der Waals surface area contributed by atoms with E-state index in [9.17, 15) is 9.59 Å². The Kier molecular flexibility index (Phi) is 5.97. The average molecular weight is 572 g/mol. The molecule has 5 aromatic rings. The monoisotopic (exact) mass is 571 g/mol. The summed E-state index contributed by atoms with van der Waals surface area (Å²) in [6.07, 6.45) is 4.13. The first-order chi connectivity index (χ1) is 17.9. The van der Waals surface area contributed by atoms with E-state index in [1.807, 2.05) is 22.8 Å². The van der Waals surface area contributed by atoms with Gasteiger partial charge in [-0.1, -0.05) is 64.1 Å². The number of rotatable bonds is 7. The van der Waals surface area contributed by atoms with Crippen LogP contribution in [0.15, 0.2) is 82.6 Å². The van der Waals surface area contributed by atoms with Crippen LogP contribution in [0, 0.1) is 0 Å². The molecule has 0 aliphatic heterocycles. The maximum atomic E-state index is 12.7. The molecule has 1 saturated carbocycles. The third-order valence-electron chi connectivity index (χ3n) is 6.64. The molecule has 0 spiro atoms. The zero-order chi connectivity index (χ0) is 25.7. The first-order valence-electron chi connectivity index (χ1n) is 11.8. The summed E-state index contributed by atoms with van der Waals surface area (Å²) in [5, 5.41) is 2.15. The van der Waals surface area contributed by atoms with Crippen molar-refractivity contribution in [3.05, 3.63) is 94.1 Å². The number of carbonyl (C=O) groups is 2. The van der Waals surface area contributed by atoms with E-state index in [1.54, 1.807) is 24.4 Å². The molecule has 184 valence electrons. The Labute approximate surface area is 225 Å². The second-order valence-corrected chi connectivity index (χ2v) is 11.0. The summed E-state index contributed by atoms with van der Waals surface area (Å²) in [4.78, 5) is 33.6. The minimum Gasteiger partial charge on any atom is -0.368 e. The van der Waals surface area contributed by atoms with Crippen molar-refractivity contribution in [2.24, 2.45) is 11.5 Å². The van der Waals surface area contributed by atoms with Crippen molar-refractivity contribution in [1.29, 1.82) is 0 Å². The van der Waals surface area contributed by atoms with Crippen LogP contribution >= 0.6 is 27.7 Å². The maximum absolute atomic E-state index is 12.7. The van der Waals surface area contributed by atoms with Crippen LogP contribution in [-0.2, 0) is 4.79 Å². The second kappa shape index (κ2) is 9.32. The highest BCUT2D eigenvalue weighted by atomic mass is 79.9. The van der Waals surface area contributed by atoms with E-state index in [0.717, 1.165) is 16.6 Å². The van der Waals surface area contributed by atoms with Gasteiger partial charge in [0.25, 0.3) is 0 Å². The zero-order valence-electron chi connectivity index (χ0n) is 19.6. The average Bonchev–Trinajstić information content (AvgIpc) is 3.67. The van der Waals surface area contributed by atoms with Gasteiger partial charge in [0.2, 0.25) is 11.8 Å². The number of pyridine rings is 1. The highest BCUT2D eigenvalue weighted by molar-refractivity contribution is 9.10. The van der Waals surface area contributed by atoms with E-state index in [4.69, 9.17) is 16.5 Å². The Balaban J connectivity index is 1.52. The highest BCUT2D eigenvalue weighted by Gasteiger charge is 2.29. The minimum absolute atomic E-state index is 0.336. The Morgan fingerprint density at radius 3 is 2.49 bits per heavy atom. The van der Waals surface area contributed by atoms with Gasteiger partial charge in [-0.3, -0.25) is 14.2 Å². The Morgan fingerprint density at radius 1 is 1.00 bits per heavy atom. The molecule has 1 aliphatic carbocycles. The summed E-state index contributed by atoms with van der Waals surface area (Å²) in [5.41, 5.74) is 16.0. The van der Waals surface area contributed by atoms with Gasteiger partial charge in [0.15, 0.2) is 10.8 Å². The van der Waals surface area contributed by atoms with Crippen LogP contribution in [0.1, 0.15) is 45.5 Å². The molecule has 0 bridgehead atoms. The third-order valence-corrected chi connectivity index (χ3v) is 8.54. The second-order valence-electron chi connectivity index (χ2n) is 9.07. The molecule has 9 heteroatoms. The fraction of sp³-hybridized carbons (Fsp3) is 0.143. The molecule has 7 nitrogen and oxygen atoms in total. The van der Waals surface area contributed by atoms with Gasteiger partial charge in [-0.2, -0.15) is 0 Å². The molecule has 2 aromatic heterocycles. The summed E-state index contributed by atoms with van der Waals surface area (Å²) >= 11 is 4.74. The van der Waals surface area contributed by atoms with Crippen molar-refractivity contribution in [2.75, 3.05) is 0 Å². The standard InChI is InChI=1S/C28H22BrN5O2S/c29-21-14-16(25(30)35)9-10-20(21)24(26(31)36)37-28-33-27-23(6-3-13-32-27)34(28)22-12-11-17(15-7-8-15)18-4-1-2-5-19(18)22/h1-6,9-15,24H,7-8H2,(H2,30,35)(H2,31,36). The Bertz CT molecular complexity index is 1710. The van der Waals surface area contributed by atoms with Gasteiger partial charge in [-0.05, 0) is 65.6 Å². The first kappa shape index (κ1) is 23.7. The number of primary amides is 2. The summed E-state index contributed by atoms with van der Waals surface area (Å²) in [5.74, 6) is -0.475. The van der Waals surface area contributed by atoms with E-state index in [1.165, 1.54) is 35.6 Å². The van der Waals surface area contributed by atoms with Gasteiger partial charge >= 0.3 is 0 Å². The summed E-state index contributed by atoms with van der Waals surface area (Å²) in [6, 6.07) is 21.5. The SMILES string of the molecule is NC(=O)c1ccc(C(Sc2nc3ncccc3n2-c2ccc(C3CC3)c3ccccc23)C(N)=O)c(Br)c1. The van der Waals surface area contributed by atoms with Crippen molar-refractivity contribution in [2.45, 2.75) is 29.2 Å². The number of halogens is 1. The predicted molar refractivity (Wildman–Crippen MR) is 149 cm³/mol. The first-order valence-corrected chi connectivity index (χ1v) is 13.5. The van der Waals surface area contributed by atoms with E-state index < -0.39 is 17.1 Å². The Morgan fingerprint density at radius 2 is 1.78 bits per heavy atom. The van der Waals surface area contributed by atoms with E-state index >= 15 is 0 Å². The number of thioether (sulfide) groups is 1. The molecule has 1 atom stereocenters. The van der Waals surface area contributed by atoms with Crippen molar-refractivity contribution in [3.63, 3.8) is 0 Å². The summed E-state index contributed by atoms with van der Waals surface area (Å²) in [6.45, 7) is 0. The quantitative estimate of drug-likeness (QED) is 0.245. The number of carbonyl (C=O) groups excluding carboxylic acids is 2. The molecule has 1 unspecified atom stereocenters. The van der Waals surface area contributed by atoms with Gasteiger partial charge in [-0.25, -0.2) is 9.97 Å². The Hall–Kier alpha value is -3.69. The number of fused-ring (bicyclic) bond motifs is 2. The molecule has 2 heterocycles. The molecule has 0 saturated heterocycles. The van der Waals surface area contributed by atoms with Gasteiger partial charge < -0.3 is 11.5 Å². The molecular formula is C28H22BrN5O2S. The van der Waals surface area contributed by atoms with Crippen LogP contribution in [0.2, 0.25) is 0 Å². The van der Waals surface area contributed by atoms with E-state index in [2.05, 4.69) is 51.2 Å². The van der Waals surface area contributed by atoms with Crippen molar-refractivity contribution < 1.29 is 9.59 Å². The summed E-state index contributed by atoms with van der Waals surface area (Å²) < 4.78 is 2.62. The lowest BCUT2D eigenvalue weighted by Crippen LogP contribution is -2.20. The molecule has 1 aliphatic rings. The van der Waals surface area contributed by atoms with Gasteiger partial charge in [0.1, 0.15) is 5.25 Å². The van der Waals surface area contributed by atoms with Gasteiger partial charge in [0, 0.05) is 21.6 Å². The van der Waals surface area contributed by atoms with Crippen LogP contribution in [0.5, 0.6) is 0 Å². The fourth-order valence-corrected chi connectivity index (χ4v) is 6.59. The lowest BCUT2D eigenvalue weighted by molar-refractivity contribution is -0.117. The van der Waals surface area contributed by atoms with Gasteiger partial charge in [-0.15, -0.1) is 0 Å². The molecule has 4 N–H and O–H groups in total. The number of hydrogen-bond acceptors (Lipinski definition) is 5. The number of amides is 2. The molecule has 1 fully saturated rings. The van der Waals surface area contributed by atoms with Crippen LogP contribution in [0.25, 0.3) is 27.6 Å². The lowest BCUT2D eigenvalue weighted by atomic mass is 9.99. The van der Waals surface area contributed by atoms with E-state index in [-0.39, 0.29) is 0 Å². The van der Waals surface area contributed by atoms with Crippen molar-refractivity contribution in [1.82, 2.24) is 14.5 Å². The highest BCUT2D eigenvalue weighted by Crippen LogP contribution is 2.45. The van der Waals surface area contributed by atoms with Crippen molar-refractivity contribution in [3.8, 4) is 5.69 Å². The molecule has 6 rings (SSSR count). The smallest absolute Gasteiger partial charge is 0.248 e. The van der Waals surface area contributed by atoms with Crippen molar-refractivity contribution >= 4 is 61.4 Å². The molecular weight excluding hydrogens is 550 g/mol. The third kappa shape index (κ3) is 4.28. The number of benzene rings is 3. The van der Waals surface area contributed by atoms with E-state index in [0.29, 0.717) is 32.3 Å². The topological polar surface area (TPSA) is 117 Å². The molecule has 0 radical (unpaired) electrons. The molecule has 37 heavy (non-hydrogen) atoms. The predicted octanol–water partition coefficient (Wildman–Crippen LogP) is 5.63. The minimum atomic E-state index is -0.774. The number of aromatic nitrogens is 3. The number of imidazole rings is 1. The van der Waals surface area contributed by atoms with Crippen LogP contribution < -0.4 is 11.5 Å². The number of nitrogens with zero attached hydrogens (tertiary/aromatic N) is 3. The van der Waals surface area contributed by atoms with Crippen LogP contribution in [0.4, 0.5) is 0 Å². The normalized spacial score (nSPS) is 14.2. The van der Waals surface area contributed by atoms with Crippen LogP contribution in [-0.4, -0.2) is 26.3 Å². The van der Waals surface area contributed by atoms with Gasteiger partial charge in [0.05, 0.1) is 11.2 Å². The number of hydrogen-bond donors (Lipinski definition) is 2. The summed E-state index contributed by atoms with van der Waals surface area (Å²) in [7, 11) is 0. The zero-order valence-corrected chi connectivity index (χ0v) is 22.0. The number of nitrogens with two attached hydrogens (primary N) is 2. The lowest BCUT2D eigenvalue weighted by Gasteiger charge is -2.18.